The monoisotopic (exact) mass is 355 g/mol. The zero-order chi connectivity index (χ0) is 17.7. The first-order valence-electron chi connectivity index (χ1n) is 7.61. The average molecular weight is 355 g/mol. The Balaban J connectivity index is 1.91. The zero-order valence-electron chi connectivity index (χ0n) is 13.4. The minimum Gasteiger partial charge on any atom is -0.481 e. The minimum atomic E-state index is -3.53. The fourth-order valence-corrected chi connectivity index (χ4v) is 3.05. The lowest BCUT2D eigenvalue weighted by atomic mass is 10.3. The van der Waals surface area contributed by atoms with E-state index in [4.69, 9.17) is 5.11 Å². The first kappa shape index (κ1) is 18.2. The van der Waals surface area contributed by atoms with Gasteiger partial charge in [0, 0.05) is 25.8 Å². The largest absolute Gasteiger partial charge is 0.481 e. The van der Waals surface area contributed by atoms with Gasteiger partial charge >= 0.3 is 12.0 Å². The molecule has 24 heavy (non-hydrogen) atoms. The van der Waals surface area contributed by atoms with Crippen molar-refractivity contribution in [3.63, 3.8) is 0 Å². The molecular formula is C15H21N3O5S. The van der Waals surface area contributed by atoms with E-state index in [-0.39, 0.29) is 17.9 Å². The van der Waals surface area contributed by atoms with E-state index in [0.717, 1.165) is 12.8 Å². The molecule has 0 spiro atoms. The topological polar surface area (TPSA) is 116 Å². The van der Waals surface area contributed by atoms with Crippen molar-refractivity contribution >= 4 is 27.7 Å². The zero-order valence-corrected chi connectivity index (χ0v) is 14.2. The normalized spacial score (nSPS) is 14.2. The van der Waals surface area contributed by atoms with Crippen molar-refractivity contribution in [2.75, 3.05) is 25.5 Å². The van der Waals surface area contributed by atoms with Gasteiger partial charge in [0.2, 0.25) is 10.0 Å². The fourth-order valence-electron chi connectivity index (χ4n) is 1.93. The third-order valence-electron chi connectivity index (χ3n) is 3.68. The number of hydrogen-bond donors (Lipinski definition) is 3. The van der Waals surface area contributed by atoms with Crippen molar-refractivity contribution in [2.45, 2.75) is 24.2 Å². The second-order valence-electron chi connectivity index (χ2n) is 5.82. The number of urea groups is 1. The Labute approximate surface area is 140 Å². The third kappa shape index (κ3) is 5.50. The van der Waals surface area contributed by atoms with Crippen molar-refractivity contribution in [1.29, 1.82) is 0 Å². The van der Waals surface area contributed by atoms with Crippen molar-refractivity contribution in [2.24, 2.45) is 5.92 Å². The van der Waals surface area contributed by atoms with Crippen LogP contribution in [-0.2, 0) is 14.8 Å². The number of carboxylic acids is 1. The smallest absolute Gasteiger partial charge is 0.321 e. The summed E-state index contributed by atoms with van der Waals surface area (Å²) < 4.78 is 26.7. The Hall–Kier alpha value is -2.13. The maximum Gasteiger partial charge on any atom is 0.321 e. The second-order valence-corrected chi connectivity index (χ2v) is 7.58. The van der Waals surface area contributed by atoms with E-state index < -0.39 is 22.0 Å². The summed E-state index contributed by atoms with van der Waals surface area (Å²) in [7, 11) is -2.05. The van der Waals surface area contributed by atoms with Crippen LogP contribution in [0, 0.1) is 5.92 Å². The molecule has 0 bridgehead atoms. The van der Waals surface area contributed by atoms with Crippen LogP contribution < -0.4 is 10.0 Å². The van der Waals surface area contributed by atoms with Crippen LogP contribution in [0.25, 0.3) is 0 Å². The van der Waals surface area contributed by atoms with E-state index in [1.165, 1.54) is 36.2 Å². The number of hydrogen-bond acceptors (Lipinski definition) is 4. The van der Waals surface area contributed by atoms with Gasteiger partial charge < -0.3 is 15.3 Å². The number of benzene rings is 1. The van der Waals surface area contributed by atoms with Crippen LogP contribution in [0.4, 0.5) is 10.5 Å². The van der Waals surface area contributed by atoms with Gasteiger partial charge in [-0.2, -0.15) is 0 Å². The quantitative estimate of drug-likeness (QED) is 0.650. The molecule has 0 radical (unpaired) electrons. The number of nitrogens with zero attached hydrogens (tertiary/aromatic N) is 1. The molecule has 1 fully saturated rings. The van der Waals surface area contributed by atoms with Crippen LogP contribution in [-0.4, -0.2) is 50.6 Å². The highest BCUT2D eigenvalue weighted by Gasteiger charge is 2.24. The van der Waals surface area contributed by atoms with Crippen LogP contribution in [0.1, 0.15) is 19.3 Å². The van der Waals surface area contributed by atoms with Gasteiger partial charge in [-0.3, -0.25) is 4.79 Å². The van der Waals surface area contributed by atoms with Crippen LogP contribution >= 0.6 is 0 Å². The summed E-state index contributed by atoms with van der Waals surface area (Å²) in [4.78, 5) is 23.8. The Morgan fingerprint density at radius 1 is 1.25 bits per heavy atom. The molecule has 1 aliphatic carbocycles. The summed E-state index contributed by atoms with van der Waals surface area (Å²) in [6, 6.07) is 5.37. The first-order valence-corrected chi connectivity index (χ1v) is 9.10. The molecule has 1 aromatic rings. The van der Waals surface area contributed by atoms with Crippen molar-refractivity contribution < 1.29 is 23.1 Å². The van der Waals surface area contributed by atoms with E-state index in [9.17, 15) is 18.0 Å². The summed E-state index contributed by atoms with van der Waals surface area (Å²) in [5.74, 6) is -0.539. The molecule has 132 valence electrons. The van der Waals surface area contributed by atoms with Gasteiger partial charge in [0.05, 0.1) is 11.3 Å². The molecule has 8 nitrogen and oxygen atoms in total. The average Bonchev–Trinajstić information content (AvgIpc) is 3.35. The SMILES string of the molecule is CN(CCC(=O)O)C(=O)Nc1ccc(S(=O)(=O)NCC2CC2)cc1. The highest BCUT2D eigenvalue weighted by atomic mass is 32.2. The van der Waals surface area contributed by atoms with Gasteiger partial charge in [-0.25, -0.2) is 17.9 Å². The number of carbonyl (C=O) groups is 2. The number of amides is 2. The van der Waals surface area contributed by atoms with Gasteiger partial charge in [0.1, 0.15) is 0 Å². The predicted molar refractivity (Wildman–Crippen MR) is 88.3 cm³/mol. The number of anilines is 1. The third-order valence-corrected chi connectivity index (χ3v) is 5.12. The van der Waals surface area contributed by atoms with Gasteiger partial charge in [-0.05, 0) is 43.0 Å². The lowest BCUT2D eigenvalue weighted by Gasteiger charge is -2.17. The van der Waals surface area contributed by atoms with Crippen LogP contribution in [0.3, 0.4) is 0 Å². The highest BCUT2D eigenvalue weighted by molar-refractivity contribution is 7.89. The van der Waals surface area contributed by atoms with Crippen LogP contribution in [0.15, 0.2) is 29.2 Å². The molecule has 0 heterocycles. The van der Waals surface area contributed by atoms with E-state index in [1.54, 1.807) is 0 Å². The summed E-state index contributed by atoms with van der Waals surface area (Å²) in [6.07, 6.45) is 1.97. The number of carboxylic acid groups (broad SMARTS) is 1. The van der Waals surface area contributed by atoms with Crippen molar-refractivity contribution in [1.82, 2.24) is 9.62 Å². The van der Waals surface area contributed by atoms with Crippen molar-refractivity contribution in [3.8, 4) is 0 Å². The molecule has 2 rings (SSSR count). The lowest BCUT2D eigenvalue weighted by Crippen LogP contribution is -2.33. The minimum absolute atomic E-state index is 0.0821. The van der Waals surface area contributed by atoms with Gasteiger partial charge in [0.15, 0.2) is 0 Å². The predicted octanol–water partition coefficient (Wildman–Crippen LogP) is 1.31. The molecular weight excluding hydrogens is 334 g/mol. The summed E-state index contributed by atoms with van der Waals surface area (Å²) >= 11 is 0. The lowest BCUT2D eigenvalue weighted by molar-refractivity contribution is -0.137. The Kier molecular flexibility index (Phi) is 5.79. The first-order chi connectivity index (χ1) is 11.3. The Morgan fingerprint density at radius 3 is 2.42 bits per heavy atom. The Morgan fingerprint density at radius 2 is 1.88 bits per heavy atom. The van der Waals surface area contributed by atoms with E-state index in [2.05, 4.69) is 10.0 Å². The highest BCUT2D eigenvalue weighted by Crippen LogP contribution is 2.28. The number of sulfonamides is 1. The molecule has 3 N–H and O–H groups in total. The summed E-state index contributed by atoms with van der Waals surface area (Å²) in [6.45, 7) is 0.536. The molecule has 9 heteroatoms. The molecule has 0 aromatic heterocycles. The fraction of sp³-hybridized carbons (Fsp3) is 0.467. The van der Waals surface area contributed by atoms with Crippen molar-refractivity contribution in [3.05, 3.63) is 24.3 Å². The molecule has 2 amide bonds. The summed E-state index contributed by atoms with van der Waals surface area (Å²) in [5.41, 5.74) is 0.434. The molecule has 1 aliphatic rings. The molecule has 1 saturated carbocycles. The molecule has 0 saturated heterocycles. The molecule has 1 aromatic carbocycles. The number of aliphatic carboxylic acids is 1. The van der Waals surface area contributed by atoms with Gasteiger partial charge in [-0.1, -0.05) is 0 Å². The molecule has 0 unspecified atom stereocenters. The Bertz CT molecular complexity index is 698. The van der Waals surface area contributed by atoms with Crippen LogP contribution in [0.5, 0.6) is 0 Å². The van der Waals surface area contributed by atoms with E-state index >= 15 is 0 Å². The number of rotatable bonds is 8. The van der Waals surface area contributed by atoms with E-state index in [1.807, 2.05) is 0 Å². The molecule has 0 atom stereocenters. The van der Waals surface area contributed by atoms with Crippen LogP contribution in [0.2, 0.25) is 0 Å². The maximum atomic E-state index is 12.1. The van der Waals surface area contributed by atoms with E-state index in [0.29, 0.717) is 18.2 Å². The summed E-state index contributed by atoms with van der Waals surface area (Å²) in [5, 5.41) is 11.2. The molecule has 0 aliphatic heterocycles. The van der Waals surface area contributed by atoms with Gasteiger partial charge in [-0.15, -0.1) is 0 Å². The number of carbonyl (C=O) groups excluding carboxylic acids is 1. The number of nitrogens with one attached hydrogen (secondary N) is 2. The van der Waals surface area contributed by atoms with Gasteiger partial charge in [0.25, 0.3) is 0 Å². The second kappa shape index (κ2) is 7.63. The maximum absolute atomic E-state index is 12.1. The standard InChI is InChI=1S/C15H21N3O5S/c1-18(9-8-14(19)20)15(21)17-12-4-6-13(7-5-12)24(22,23)16-10-11-2-3-11/h4-7,11,16H,2-3,8-10H2,1H3,(H,17,21)(H,19,20).